The lowest BCUT2D eigenvalue weighted by Crippen LogP contribution is -2.52. The number of carbonyl (C=O) groups is 4. The predicted octanol–water partition coefficient (Wildman–Crippen LogP) is 1.17. The molecule has 1 aromatic heterocycles. The summed E-state index contributed by atoms with van der Waals surface area (Å²) in [4.78, 5) is 55.9. The number of rotatable bonds is 8. The first kappa shape index (κ1) is 28.8. The van der Waals surface area contributed by atoms with Crippen molar-refractivity contribution in [3.8, 4) is 0 Å². The van der Waals surface area contributed by atoms with Crippen molar-refractivity contribution in [2.24, 2.45) is 4.99 Å². The summed E-state index contributed by atoms with van der Waals surface area (Å²) in [6.07, 6.45) is -0.483. The van der Waals surface area contributed by atoms with Crippen molar-refractivity contribution in [3.63, 3.8) is 0 Å². The monoisotopic (exact) mass is 618 g/mol. The maximum atomic E-state index is 12.6. The molecule has 3 amide bonds. The lowest BCUT2D eigenvalue weighted by Gasteiger charge is -2.34. The molecule has 0 unspecified atom stereocenters. The van der Waals surface area contributed by atoms with E-state index in [1.165, 1.54) is 14.4 Å². The van der Waals surface area contributed by atoms with Crippen LogP contribution in [-0.4, -0.2) is 97.6 Å². The normalized spacial score (nSPS) is 14.6. The number of sulfone groups is 1. The van der Waals surface area contributed by atoms with Crippen LogP contribution in [0.15, 0.2) is 27.7 Å². The van der Waals surface area contributed by atoms with Crippen LogP contribution in [0.2, 0.25) is 0 Å². The summed E-state index contributed by atoms with van der Waals surface area (Å²) in [6, 6.07) is 5.31. The first-order valence-corrected chi connectivity index (χ1v) is 14.9. The average Bonchev–Trinajstić information content (AvgIpc) is 3.14. The molecule has 0 saturated carbocycles. The van der Waals surface area contributed by atoms with Gasteiger partial charge < -0.3 is 23.8 Å². The zero-order valence-electron chi connectivity index (χ0n) is 20.3. The van der Waals surface area contributed by atoms with Gasteiger partial charge in [-0.2, -0.15) is 4.99 Å². The molecule has 1 fully saturated rings. The molecule has 0 atom stereocenters. The van der Waals surface area contributed by atoms with Crippen LogP contribution >= 0.6 is 27.3 Å². The summed E-state index contributed by atoms with van der Waals surface area (Å²) < 4.78 is 38.2. The molecule has 2 aromatic rings. The van der Waals surface area contributed by atoms with Crippen molar-refractivity contribution < 1.29 is 37.1 Å². The van der Waals surface area contributed by atoms with E-state index in [2.05, 4.69) is 20.9 Å². The van der Waals surface area contributed by atoms with E-state index in [9.17, 15) is 27.6 Å². The van der Waals surface area contributed by atoms with Gasteiger partial charge in [0.2, 0.25) is 5.91 Å². The third-order valence-electron chi connectivity index (χ3n) is 5.30. The SMILES string of the molecule is CCOC(=O)Cn1c(=NC(=O)CS(=O)(=O)CC(=O)N2CCN(C(=O)OCC)CC2)sc2cc(Br)ccc21. The second kappa shape index (κ2) is 12.6. The molecule has 0 aliphatic carbocycles. The molecule has 1 aromatic carbocycles. The molecule has 0 bridgehead atoms. The zero-order chi connectivity index (χ0) is 27.2. The highest BCUT2D eigenvalue weighted by atomic mass is 79.9. The van der Waals surface area contributed by atoms with E-state index in [0.717, 1.165) is 20.5 Å². The molecule has 15 heteroatoms. The number of esters is 1. The number of halogens is 1. The standard InChI is InChI=1S/C22H27BrN4O8S2/c1-3-34-20(30)12-27-16-6-5-15(23)11-17(16)36-21(27)24-18(28)13-37(32,33)14-19(29)25-7-9-26(10-8-25)22(31)35-4-2/h5-6,11H,3-4,7-10,12-14H2,1-2H3. The highest BCUT2D eigenvalue weighted by molar-refractivity contribution is 9.10. The van der Waals surface area contributed by atoms with Crippen LogP contribution in [0.1, 0.15) is 13.8 Å². The van der Waals surface area contributed by atoms with Gasteiger partial charge >= 0.3 is 12.1 Å². The van der Waals surface area contributed by atoms with Gasteiger partial charge in [0, 0.05) is 30.7 Å². The number of carbonyl (C=O) groups excluding carboxylic acids is 4. The Balaban J connectivity index is 1.70. The number of aromatic nitrogens is 1. The number of ether oxygens (including phenoxy) is 2. The number of fused-ring (bicyclic) bond motifs is 1. The summed E-state index contributed by atoms with van der Waals surface area (Å²) in [7, 11) is -4.11. The largest absolute Gasteiger partial charge is 0.465 e. The Hall–Kier alpha value is -2.78. The minimum absolute atomic E-state index is 0.141. The van der Waals surface area contributed by atoms with Crippen molar-refractivity contribution in [2.45, 2.75) is 20.4 Å². The Morgan fingerprint density at radius 2 is 1.65 bits per heavy atom. The van der Waals surface area contributed by atoms with Gasteiger partial charge in [0.15, 0.2) is 14.6 Å². The van der Waals surface area contributed by atoms with Crippen molar-refractivity contribution in [1.29, 1.82) is 0 Å². The Kier molecular flexibility index (Phi) is 9.84. The maximum Gasteiger partial charge on any atom is 0.409 e. The topological polar surface area (TPSA) is 145 Å². The highest BCUT2D eigenvalue weighted by Crippen LogP contribution is 2.22. The van der Waals surface area contributed by atoms with Gasteiger partial charge in [0.25, 0.3) is 5.91 Å². The number of piperazine rings is 1. The summed E-state index contributed by atoms with van der Waals surface area (Å²) in [6.45, 7) is 4.35. The van der Waals surface area contributed by atoms with Crippen LogP contribution in [0.25, 0.3) is 10.2 Å². The molecule has 1 aliphatic rings. The number of amides is 3. The van der Waals surface area contributed by atoms with E-state index in [0.29, 0.717) is 5.52 Å². The quantitative estimate of drug-likeness (QED) is 0.401. The van der Waals surface area contributed by atoms with Gasteiger partial charge in [-0.15, -0.1) is 0 Å². The fraction of sp³-hybridized carbons (Fsp3) is 0.500. The smallest absolute Gasteiger partial charge is 0.409 e. The number of benzene rings is 1. The minimum Gasteiger partial charge on any atom is -0.465 e. The van der Waals surface area contributed by atoms with Crippen LogP contribution in [0.4, 0.5) is 4.79 Å². The number of hydrogen-bond acceptors (Lipinski definition) is 9. The minimum atomic E-state index is -4.11. The van der Waals surface area contributed by atoms with Crippen LogP contribution in [0.5, 0.6) is 0 Å². The Morgan fingerprint density at radius 1 is 1.00 bits per heavy atom. The van der Waals surface area contributed by atoms with Gasteiger partial charge in [0.05, 0.1) is 23.4 Å². The van der Waals surface area contributed by atoms with Crippen molar-refractivity contribution >= 4 is 71.2 Å². The fourth-order valence-corrected chi connectivity index (χ4v) is 6.33. The highest BCUT2D eigenvalue weighted by Gasteiger charge is 2.29. The molecule has 12 nitrogen and oxygen atoms in total. The maximum absolute atomic E-state index is 12.6. The van der Waals surface area contributed by atoms with Crippen molar-refractivity contribution in [3.05, 3.63) is 27.5 Å². The lowest BCUT2D eigenvalue weighted by molar-refractivity contribution is -0.143. The van der Waals surface area contributed by atoms with Crippen LogP contribution in [-0.2, 0) is 40.2 Å². The van der Waals surface area contributed by atoms with E-state index in [-0.39, 0.29) is 50.7 Å². The summed E-state index contributed by atoms with van der Waals surface area (Å²) in [5.74, 6) is -3.95. The molecular formula is C22H27BrN4O8S2. The van der Waals surface area contributed by atoms with Gasteiger partial charge in [-0.05, 0) is 32.0 Å². The van der Waals surface area contributed by atoms with E-state index in [4.69, 9.17) is 9.47 Å². The Morgan fingerprint density at radius 3 is 2.30 bits per heavy atom. The number of thiazole rings is 1. The van der Waals surface area contributed by atoms with Crippen LogP contribution < -0.4 is 4.80 Å². The van der Waals surface area contributed by atoms with Gasteiger partial charge in [-0.3, -0.25) is 14.4 Å². The molecule has 0 spiro atoms. The summed E-state index contributed by atoms with van der Waals surface area (Å²) in [5.41, 5.74) is 0.632. The van der Waals surface area contributed by atoms with Crippen molar-refractivity contribution in [1.82, 2.24) is 14.4 Å². The Labute approximate surface area is 225 Å². The predicted molar refractivity (Wildman–Crippen MR) is 139 cm³/mol. The molecule has 3 rings (SSSR count). The lowest BCUT2D eigenvalue weighted by atomic mass is 10.3. The molecule has 1 saturated heterocycles. The molecular weight excluding hydrogens is 592 g/mol. The second-order valence-electron chi connectivity index (χ2n) is 7.99. The van der Waals surface area contributed by atoms with E-state index in [1.54, 1.807) is 32.0 Å². The molecule has 0 radical (unpaired) electrons. The van der Waals surface area contributed by atoms with E-state index in [1.807, 2.05) is 0 Å². The second-order valence-corrected chi connectivity index (χ2v) is 12.0. The third-order valence-corrected chi connectivity index (χ3v) is 8.21. The van der Waals surface area contributed by atoms with Gasteiger partial charge in [-0.25, -0.2) is 13.2 Å². The van der Waals surface area contributed by atoms with E-state index >= 15 is 0 Å². The van der Waals surface area contributed by atoms with Gasteiger partial charge in [-0.1, -0.05) is 27.3 Å². The molecule has 37 heavy (non-hydrogen) atoms. The fourth-order valence-electron chi connectivity index (χ4n) is 3.63. The number of nitrogens with zero attached hydrogens (tertiary/aromatic N) is 4. The molecule has 0 N–H and O–H groups in total. The first-order chi connectivity index (χ1) is 17.5. The first-order valence-electron chi connectivity index (χ1n) is 11.4. The third kappa shape index (κ3) is 7.85. The number of hydrogen-bond donors (Lipinski definition) is 0. The van der Waals surface area contributed by atoms with E-state index < -0.39 is 45.2 Å². The van der Waals surface area contributed by atoms with Crippen LogP contribution in [0, 0.1) is 0 Å². The summed E-state index contributed by atoms with van der Waals surface area (Å²) >= 11 is 4.49. The summed E-state index contributed by atoms with van der Waals surface area (Å²) in [5, 5.41) is 0. The zero-order valence-corrected chi connectivity index (χ0v) is 23.6. The average molecular weight is 620 g/mol. The van der Waals surface area contributed by atoms with Gasteiger partial charge in [0.1, 0.15) is 18.1 Å². The van der Waals surface area contributed by atoms with Crippen LogP contribution in [0.3, 0.4) is 0 Å². The molecule has 2 heterocycles. The molecule has 202 valence electrons. The molecule has 1 aliphatic heterocycles. The van der Waals surface area contributed by atoms with Crippen molar-refractivity contribution in [2.75, 3.05) is 50.9 Å². The Bertz CT molecular complexity index is 1360.